The zero-order chi connectivity index (χ0) is 20.3. The molecule has 4 rings (SSSR count). The molecule has 0 radical (unpaired) electrons. The predicted molar refractivity (Wildman–Crippen MR) is 118 cm³/mol. The molecule has 156 valence electrons. The van der Waals surface area contributed by atoms with E-state index in [0.29, 0.717) is 5.41 Å². The third-order valence-electron chi connectivity index (χ3n) is 7.15. The second-order valence-electron chi connectivity index (χ2n) is 9.63. The first kappa shape index (κ1) is 20.6. The zero-order valence-corrected chi connectivity index (χ0v) is 17.7. The van der Waals surface area contributed by atoms with Gasteiger partial charge >= 0.3 is 0 Å². The molecule has 0 bridgehead atoms. The van der Waals surface area contributed by atoms with E-state index < -0.39 is 0 Å². The van der Waals surface area contributed by atoms with E-state index in [9.17, 15) is 4.39 Å². The Morgan fingerprint density at radius 2 is 1.76 bits per heavy atom. The number of nitrogens with two attached hydrogens (primary N) is 1. The van der Waals surface area contributed by atoms with Crippen LogP contribution in [0.1, 0.15) is 56.1 Å². The number of piperidine rings is 1. The van der Waals surface area contributed by atoms with Crippen LogP contribution in [0.2, 0.25) is 0 Å². The largest absolute Gasteiger partial charge is 0.327 e. The summed E-state index contributed by atoms with van der Waals surface area (Å²) in [4.78, 5) is 2.53. The second-order valence-corrected chi connectivity index (χ2v) is 9.63. The second kappa shape index (κ2) is 8.97. The Kier molecular flexibility index (Phi) is 6.36. The summed E-state index contributed by atoms with van der Waals surface area (Å²) in [6.07, 6.45) is 7.45. The average Bonchev–Trinajstić information content (AvgIpc) is 3.50. The van der Waals surface area contributed by atoms with E-state index in [1.54, 1.807) is 12.1 Å². The number of rotatable bonds is 8. The summed E-state index contributed by atoms with van der Waals surface area (Å²) >= 11 is 0. The maximum Gasteiger partial charge on any atom is 0.123 e. The van der Waals surface area contributed by atoms with Gasteiger partial charge in [-0.05, 0) is 99.0 Å². The van der Waals surface area contributed by atoms with Crippen LogP contribution in [0.5, 0.6) is 0 Å². The molecule has 1 heterocycles. The van der Waals surface area contributed by atoms with Gasteiger partial charge in [-0.25, -0.2) is 4.39 Å². The molecule has 1 aliphatic carbocycles. The molecule has 3 atom stereocenters. The quantitative estimate of drug-likeness (QED) is 0.651. The Balaban J connectivity index is 1.39. The lowest BCUT2D eigenvalue weighted by atomic mass is 9.70. The first-order valence-corrected chi connectivity index (χ1v) is 11.3. The van der Waals surface area contributed by atoms with E-state index in [1.807, 2.05) is 12.1 Å². The number of benzene rings is 2. The number of hydrogen-bond donors (Lipinski definition) is 1. The van der Waals surface area contributed by atoms with Crippen molar-refractivity contribution in [3.63, 3.8) is 0 Å². The number of nitrogens with zero attached hydrogens (tertiary/aromatic N) is 1. The Morgan fingerprint density at radius 3 is 2.41 bits per heavy atom. The van der Waals surface area contributed by atoms with E-state index in [-0.39, 0.29) is 11.9 Å². The molecule has 1 saturated carbocycles. The third kappa shape index (κ3) is 5.46. The molecule has 1 aliphatic heterocycles. The highest BCUT2D eigenvalue weighted by Gasteiger charge is 2.41. The van der Waals surface area contributed by atoms with Gasteiger partial charge in [-0.1, -0.05) is 42.5 Å². The highest BCUT2D eigenvalue weighted by atomic mass is 19.1. The third-order valence-corrected chi connectivity index (χ3v) is 7.15. The predicted octanol–water partition coefficient (Wildman–Crippen LogP) is 5.38. The van der Waals surface area contributed by atoms with Crippen molar-refractivity contribution in [1.29, 1.82) is 0 Å². The van der Waals surface area contributed by atoms with E-state index in [1.165, 1.54) is 43.2 Å². The molecule has 0 amide bonds. The molecule has 29 heavy (non-hydrogen) atoms. The van der Waals surface area contributed by atoms with Crippen LogP contribution in [0.15, 0.2) is 54.6 Å². The molecule has 0 spiro atoms. The number of hydrogen-bond acceptors (Lipinski definition) is 2. The van der Waals surface area contributed by atoms with Crippen LogP contribution in [0, 0.1) is 17.2 Å². The van der Waals surface area contributed by atoms with Gasteiger partial charge in [0.25, 0.3) is 0 Å². The molecule has 0 aromatic heterocycles. The highest BCUT2D eigenvalue weighted by Crippen LogP contribution is 2.52. The molecule has 1 saturated heterocycles. The Bertz CT molecular complexity index is 763. The molecule has 2 aromatic carbocycles. The van der Waals surface area contributed by atoms with Gasteiger partial charge < -0.3 is 10.6 Å². The summed E-state index contributed by atoms with van der Waals surface area (Å²) in [5.41, 5.74) is 9.16. The minimum absolute atomic E-state index is 0.141. The maximum absolute atomic E-state index is 13.4. The first-order valence-electron chi connectivity index (χ1n) is 11.3. The maximum atomic E-state index is 13.4. The van der Waals surface area contributed by atoms with Crippen LogP contribution in [0.25, 0.3) is 0 Å². The number of likely N-dealkylation sites (tertiary alicyclic amines) is 1. The molecule has 2 aromatic rings. The molecular weight excluding hydrogens is 359 g/mol. The fourth-order valence-corrected chi connectivity index (χ4v) is 5.33. The van der Waals surface area contributed by atoms with Gasteiger partial charge in [0.15, 0.2) is 0 Å². The molecule has 2 N–H and O–H groups in total. The lowest BCUT2D eigenvalue weighted by Crippen LogP contribution is -2.45. The van der Waals surface area contributed by atoms with Crippen LogP contribution >= 0.6 is 0 Å². The van der Waals surface area contributed by atoms with Crippen LogP contribution in [0.4, 0.5) is 4.39 Å². The smallest absolute Gasteiger partial charge is 0.123 e. The first-order chi connectivity index (χ1) is 14.0. The van der Waals surface area contributed by atoms with Crippen molar-refractivity contribution in [2.45, 2.75) is 57.4 Å². The minimum Gasteiger partial charge on any atom is -0.327 e. The van der Waals surface area contributed by atoms with Gasteiger partial charge in [0.2, 0.25) is 0 Å². The standard InChI is InChI=1S/C26H35FN2/c1-20(28)19-29-15-13-26(14-16-29,18-21-7-9-24(27)10-8-21)12-11-23-17-25(23)22-5-3-2-4-6-22/h2-10,20,23,25H,11-19,28H2,1H3/t20-,23-,25?/m1/s1. The van der Waals surface area contributed by atoms with Crippen LogP contribution < -0.4 is 5.73 Å². The summed E-state index contributed by atoms with van der Waals surface area (Å²) in [6.45, 7) is 5.35. The van der Waals surface area contributed by atoms with E-state index in [4.69, 9.17) is 5.73 Å². The normalized spacial score (nSPS) is 24.9. The van der Waals surface area contributed by atoms with Crippen molar-refractivity contribution in [2.75, 3.05) is 19.6 Å². The van der Waals surface area contributed by atoms with Crippen molar-refractivity contribution in [3.05, 3.63) is 71.5 Å². The highest BCUT2D eigenvalue weighted by molar-refractivity contribution is 5.25. The van der Waals surface area contributed by atoms with Gasteiger partial charge in [-0.3, -0.25) is 0 Å². The fourth-order valence-electron chi connectivity index (χ4n) is 5.33. The molecular formula is C26H35FN2. The van der Waals surface area contributed by atoms with Crippen molar-refractivity contribution in [1.82, 2.24) is 4.90 Å². The van der Waals surface area contributed by atoms with Crippen LogP contribution in [-0.4, -0.2) is 30.6 Å². The van der Waals surface area contributed by atoms with Crippen molar-refractivity contribution >= 4 is 0 Å². The lowest BCUT2D eigenvalue weighted by Gasteiger charge is -2.43. The topological polar surface area (TPSA) is 29.3 Å². The summed E-state index contributed by atoms with van der Waals surface area (Å²) < 4.78 is 13.4. The van der Waals surface area contributed by atoms with Gasteiger partial charge in [0.05, 0.1) is 0 Å². The van der Waals surface area contributed by atoms with E-state index in [2.05, 4.69) is 42.2 Å². The molecule has 2 nitrogen and oxygen atoms in total. The SMILES string of the molecule is C[C@@H](N)CN1CCC(CC[C@@H]2CC2c2ccccc2)(Cc2ccc(F)cc2)CC1. The zero-order valence-electron chi connectivity index (χ0n) is 17.7. The van der Waals surface area contributed by atoms with Gasteiger partial charge in [-0.15, -0.1) is 0 Å². The summed E-state index contributed by atoms with van der Waals surface area (Å²) in [7, 11) is 0. The molecule has 3 heteroatoms. The van der Waals surface area contributed by atoms with Crippen molar-refractivity contribution in [3.8, 4) is 0 Å². The lowest BCUT2D eigenvalue weighted by molar-refractivity contribution is 0.0883. The summed E-state index contributed by atoms with van der Waals surface area (Å²) in [5.74, 6) is 1.46. The summed E-state index contributed by atoms with van der Waals surface area (Å²) in [5, 5.41) is 0. The average molecular weight is 395 g/mol. The van der Waals surface area contributed by atoms with Crippen molar-refractivity contribution in [2.24, 2.45) is 17.1 Å². The van der Waals surface area contributed by atoms with E-state index in [0.717, 1.165) is 37.9 Å². The minimum atomic E-state index is -0.141. The monoisotopic (exact) mass is 394 g/mol. The van der Waals surface area contributed by atoms with Gasteiger partial charge in [-0.2, -0.15) is 0 Å². The molecule has 2 fully saturated rings. The van der Waals surface area contributed by atoms with Crippen LogP contribution in [-0.2, 0) is 6.42 Å². The molecule has 1 unspecified atom stereocenters. The molecule has 2 aliphatic rings. The van der Waals surface area contributed by atoms with Gasteiger partial charge in [0, 0.05) is 12.6 Å². The Morgan fingerprint density at radius 1 is 1.07 bits per heavy atom. The van der Waals surface area contributed by atoms with Crippen molar-refractivity contribution < 1.29 is 4.39 Å². The van der Waals surface area contributed by atoms with Crippen LogP contribution in [0.3, 0.4) is 0 Å². The summed E-state index contributed by atoms with van der Waals surface area (Å²) in [6, 6.07) is 18.4. The van der Waals surface area contributed by atoms with E-state index >= 15 is 0 Å². The fraction of sp³-hybridized carbons (Fsp3) is 0.538. The number of halogens is 1. The van der Waals surface area contributed by atoms with Gasteiger partial charge in [0.1, 0.15) is 5.82 Å². The Labute approximate surface area is 175 Å². The Hall–Kier alpha value is -1.71.